The van der Waals surface area contributed by atoms with Crippen molar-refractivity contribution in [2.24, 2.45) is 0 Å². The van der Waals surface area contributed by atoms with E-state index in [1.54, 1.807) is 0 Å². The van der Waals surface area contributed by atoms with Crippen molar-refractivity contribution in [2.75, 3.05) is 11.5 Å². The van der Waals surface area contributed by atoms with E-state index >= 15 is 0 Å². The maximum absolute atomic E-state index is 11.5. The monoisotopic (exact) mass is 256 g/mol. The Morgan fingerprint density at radius 3 is 2.71 bits per heavy atom. The van der Waals surface area contributed by atoms with Crippen molar-refractivity contribution in [3.8, 4) is 0 Å². The minimum atomic E-state index is -2.95. The van der Waals surface area contributed by atoms with Crippen molar-refractivity contribution >= 4 is 9.84 Å². The van der Waals surface area contributed by atoms with Gasteiger partial charge in [0.1, 0.15) is 5.82 Å². The highest BCUT2D eigenvalue weighted by molar-refractivity contribution is 7.91. The summed E-state index contributed by atoms with van der Waals surface area (Å²) in [6.45, 7) is 3.91. The average molecular weight is 256 g/mol. The van der Waals surface area contributed by atoms with E-state index < -0.39 is 9.84 Å². The van der Waals surface area contributed by atoms with E-state index in [1.807, 2.05) is 13.8 Å². The number of nitrogens with zero attached hydrogens (tertiary/aromatic N) is 1. The predicted octanol–water partition coefficient (Wildman–Crippen LogP) is 0.795. The second-order valence-electron chi connectivity index (χ2n) is 4.81. The molecule has 1 saturated heterocycles. The Hall–Kier alpha value is -1.17. The maximum Gasteiger partial charge on any atom is 0.251 e. The van der Waals surface area contributed by atoms with Crippen LogP contribution in [-0.4, -0.2) is 29.9 Å². The van der Waals surface area contributed by atoms with Crippen LogP contribution < -0.4 is 5.56 Å². The van der Waals surface area contributed by atoms with Crippen molar-refractivity contribution in [1.29, 1.82) is 0 Å². The Labute approximate surface area is 100 Å². The van der Waals surface area contributed by atoms with Gasteiger partial charge in [-0.25, -0.2) is 13.4 Å². The second-order valence-corrected chi connectivity index (χ2v) is 7.04. The molecule has 1 fully saturated rings. The van der Waals surface area contributed by atoms with Gasteiger partial charge in [0.2, 0.25) is 0 Å². The zero-order valence-corrected chi connectivity index (χ0v) is 10.8. The molecule has 1 aromatic heterocycles. The molecule has 1 aliphatic rings. The number of rotatable bonds is 2. The summed E-state index contributed by atoms with van der Waals surface area (Å²) >= 11 is 0. The highest BCUT2D eigenvalue weighted by Crippen LogP contribution is 2.26. The quantitative estimate of drug-likeness (QED) is 0.848. The highest BCUT2D eigenvalue weighted by atomic mass is 32.2. The number of hydrogen-bond donors (Lipinski definition) is 1. The van der Waals surface area contributed by atoms with Crippen LogP contribution in [0.15, 0.2) is 10.9 Å². The normalized spacial score (nSPS) is 23.1. The fraction of sp³-hybridized carbons (Fsp3) is 0.636. The molecule has 94 valence electrons. The van der Waals surface area contributed by atoms with Gasteiger partial charge in [-0.05, 0) is 12.3 Å². The lowest BCUT2D eigenvalue weighted by Crippen LogP contribution is -2.17. The molecule has 2 heterocycles. The summed E-state index contributed by atoms with van der Waals surface area (Å²) in [6, 6.07) is 1.47. The Morgan fingerprint density at radius 2 is 2.18 bits per heavy atom. The smallest absolute Gasteiger partial charge is 0.251 e. The van der Waals surface area contributed by atoms with Crippen molar-refractivity contribution in [1.82, 2.24) is 9.97 Å². The van der Waals surface area contributed by atoms with Gasteiger partial charge in [-0.15, -0.1) is 0 Å². The van der Waals surface area contributed by atoms with Gasteiger partial charge >= 0.3 is 0 Å². The van der Waals surface area contributed by atoms with Crippen LogP contribution >= 0.6 is 0 Å². The van der Waals surface area contributed by atoms with Crippen LogP contribution in [0.3, 0.4) is 0 Å². The van der Waals surface area contributed by atoms with Crippen LogP contribution in [-0.2, 0) is 9.84 Å². The second kappa shape index (κ2) is 4.25. The fourth-order valence-corrected chi connectivity index (χ4v) is 3.74. The standard InChI is InChI=1S/C11H16N2O3S/c1-7(2)9-5-10(14)13-11(12-9)8-3-4-17(15,16)6-8/h5,7-8H,3-4,6H2,1-2H3,(H,12,13,14). The first-order chi connectivity index (χ1) is 7.87. The number of hydrogen-bond acceptors (Lipinski definition) is 4. The van der Waals surface area contributed by atoms with E-state index in [0.29, 0.717) is 17.9 Å². The van der Waals surface area contributed by atoms with Gasteiger partial charge in [0.25, 0.3) is 5.56 Å². The molecule has 0 aliphatic carbocycles. The van der Waals surface area contributed by atoms with Gasteiger partial charge in [-0.1, -0.05) is 13.8 Å². The predicted molar refractivity (Wildman–Crippen MR) is 65.0 cm³/mol. The van der Waals surface area contributed by atoms with Gasteiger partial charge in [0, 0.05) is 12.0 Å². The van der Waals surface area contributed by atoms with E-state index in [9.17, 15) is 13.2 Å². The number of nitrogens with one attached hydrogen (secondary N) is 1. The topological polar surface area (TPSA) is 79.9 Å². The van der Waals surface area contributed by atoms with Gasteiger partial charge in [-0.3, -0.25) is 4.79 Å². The molecular formula is C11H16N2O3S. The first kappa shape index (κ1) is 12.3. The van der Waals surface area contributed by atoms with Crippen molar-refractivity contribution < 1.29 is 8.42 Å². The Morgan fingerprint density at radius 1 is 1.47 bits per heavy atom. The van der Waals surface area contributed by atoms with Crippen molar-refractivity contribution in [3.63, 3.8) is 0 Å². The first-order valence-corrected chi connectivity index (χ1v) is 7.51. The van der Waals surface area contributed by atoms with Gasteiger partial charge < -0.3 is 4.98 Å². The van der Waals surface area contributed by atoms with Gasteiger partial charge in [-0.2, -0.15) is 0 Å². The third-order valence-corrected chi connectivity index (χ3v) is 4.76. The summed E-state index contributed by atoms with van der Waals surface area (Å²) in [5.41, 5.74) is 0.510. The average Bonchev–Trinajstić information content (AvgIpc) is 2.58. The van der Waals surface area contributed by atoms with Crippen molar-refractivity contribution in [2.45, 2.75) is 32.1 Å². The molecule has 0 bridgehead atoms. The van der Waals surface area contributed by atoms with Crippen LogP contribution in [0.1, 0.15) is 43.6 Å². The molecular weight excluding hydrogens is 240 g/mol. The molecule has 17 heavy (non-hydrogen) atoms. The van der Waals surface area contributed by atoms with E-state index in [2.05, 4.69) is 9.97 Å². The van der Waals surface area contributed by atoms with E-state index in [0.717, 1.165) is 0 Å². The number of H-pyrrole nitrogens is 1. The summed E-state index contributed by atoms with van der Waals surface area (Å²) < 4.78 is 22.8. The summed E-state index contributed by atoms with van der Waals surface area (Å²) in [6.07, 6.45) is 0.548. The SMILES string of the molecule is CC(C)c1cc(=O)[nH]c(C2CCS(=O)(=O)C2)n1. The fourth-order valence-electron chi connectivity index (χ4n) is 2.00. The molecule has 0 spiro atoms. The highest BCUT2D eigenvalue weighted by Gasteiger charge is 2.30. The summed E-state index contributed by atoms with van der Waals surface area (Å²) in [4.78, 5) is 18.5. The zero-order chi connectivity index (χ0) is 12.6. The molecule has 1 aromatic rings. The molecule has 5 nitrogen and oxygen atoms in total. The minimum Gasteiger partial charge on any atom is -0.310 e. The Balaban J connectivity index is 2.37. The van der Waals surface area contributed by atoms with Crippen LogP contribution in [0.25, 0.3) is 0 Å². The summed E-state index contributed by atoms with van der Waals surface area (Å²) in [5, 5.41) is 0. The molecule has 1 unspecified atom stereocenters. The number of aromatic amines is 1. The molecule has 2 rings (SSSR count). The van der Waals surface area contributed by atoms with Gasteiger partial charge in [0.05, 0.1) is 17.2 Å². The third kappa shape index (κ3) is 2.74. The molecule has 1 N–H and O–H groups in total. The largest absolute Gasteiger partial charge is 0.310 e. The van der Waals surface area contributed by atoms with Gasteiger partial charge in [0.15, 0.2) is 9.84 Å². The van der Waals surface area contributed by atoms with E-state index in [4.69, 9.17) is 0 Å². The van der Waals surface area contributed by atoms with E-state index in [1.165, 1.54) is 6.07 Å². The first-order valence-electron chi connectivity index (χ1n) is 5.69. The lowest BCUT2D eigenvalue weighted by molar-refractivity contribution is 0.600. The Bertz CT molecular complexity index is 575. The van der Waals surface area contributed by atoms with Crippen molar-refractivity contribution in [3.05, 3.63) is 27.9 Å². The summed E-state index contributed by atoms with van der Waals surface area (Å²) in [5.74, 6) is 0.799. The molecule has 6 heteroatoms. The molecule has 0 aromatic carbocycles. The lowest BCUT2D eigenvalue weighted by Gasteiger charge is -2.10. The molecule has 0 radical (unpaired) electrons. The molecule has 0 amide bonds. The van der Waals surface area contributed by atoms with Crippen LogP contribution in [0.4, 0.5) is 0 Å². The number of sulfone groups is 1. The van der Waals surface area contributed by atoms with Crippen LogP contribution in [0.5, 0.6) is 0 Å². The van der Waals surface area contributed by atoms with Crippen LogP contribution in [0.2, 0.25) is 0 Å². The third-order valence-electron chi connectivity index (χ3n) is 2.99. The zero-order valence-electron chi connectivity index (χ0n) is 9.93. The van der Waals surface area contributed by atoms with E-state index in [-0.39, 0.29) is 28.9 Å². The van der Waals surface area contributed by atoms with Crippen LogP contribution in [0, 0.1) is 0 Å². The maximum atomic E-state index is 11.5. The lowest BCUT2D eigenvalue weighted by atomic mass is 10.1. The molecule has 0 saturated carbocycles. The molecule has 1 atom stereocenters. The Kier molecular flexibility index (Phi) is 3.07. The number of aromatic nitrogens is 2. The minimum absolute atomic E-state index is 0.0947. The molecule has 1 aliphatic heterocycles. The summed E-state index contributed by atoms with van der Waals surface area (Å²) in [7, 11) is -2.95.